The van der Waals surface area contributed by atoms with Crippen molar-refractivity contribution in [2.24, 2.45) is 0 Å². The van der Waals surface area contributed by atoms with Gasteiger partial charge in [-0.1, -0.05) is 29.4 Å². The molecule has 0 aliphatic carbocycles. The van der Waals surface area contributed by atoms with Crippen LogP contribution in [0.2, 0.25) is 0 Å². The van der Waals surface area contributed by atoms with Crippen LogP contribution < -0.4 is 5.32 Å². The fourth-order valence-corrected chi connectivity index (χ4v) is 3.34. The summed E-state index contributed by atoms with van der Waals surface area (Å²) in [4.78, 5) is 42.3. The number of rotatable bonds is 8. The molecule has 0 spiro atoms. The summed E-state index contributed by atoms with van der Waals surface area (Å²) in [5.74, 6) is -0.379. The molecule has 29 heavy (non-hydrogen) atoms. The van der Waals surface area contributed by atoms with E-state index in [1.165, 1.54) is 18.2 Å². The van der Waals surface area contributed by atoms with E-state index in [1.54, 1.807) is 0 Å². The Kier molecular flexibility index (Phi) is 6.48. The van der Waals surface area contributed by atoms with Crippen molar-refractivity contribution in [3.8, 4) is 11.4 Å². The summed E-state index contributed by atoms with van der Waals surface area (Å²) in [5.41, 5.74) is 1.94. The predicted octanol–water partition coefficient (Wildman–Crippen LogP) is 1.73. The molecule has 1 unspecified atom stereocenters. The number of likely N-dealkylation sites (tertiary alicyclic amines) is 1. The van der Waals surface area contributed by atoms with E-state index in [0.29, 0.717) is 25.3 Å². The molecule has 1 aromatic heterocycles. The second-order valence-corrected chi connectivity index (χ2v) is 7.09. The molecule has 1 fully saturated rings. The van der Waals surface area contributed by atoms with Gasteiger partial charge in [-0.3, -0.25) is 14.4 Å². The summed E-state index contributed by atoms with van der Waals surface area (Å²) < 4.78 is 4.73. The molecule has 2 N–H and O–H groups in total. The summed E-state index contributed by atoms with van der Waals surface area (Å²) in [6.07, 6.45) is 2.26. The van der Waals surface area contributed by atoms with Gasteiger partial charge in [0.05, 0.1) is 6.42 Å². The van der Waals surface area contributed by atoms with Gasteiger partial charge >= 0.3 is 0 Å². The number of aromatic nitrogens is 2. The van der Waals surface area contributed by atoms with E-state index >= 15 is 0 Å². The van der Waals surface area contributed by atoms with Gasteiger partial charge in [0.2, 0.25) is 24.0 Å². The number of nitrogens with zero attached hydrogens (tertiary/aromatic N) is 3. The third-order valence-corrected chi connectivity index (χ3v) is 4.73. The second kappa shape index (κ2) is 9.22. The Morgan fingerprint density at radius 3 is 2.66 bits per heavy atom. The highest BCUT2D eigenvalue weighted by Crippen LogP contribution is 2.19. The monoisotopic (exact) mass is 397 g/mol. The zero-order chi connectivity index (χ0) is 20.8. The Balaban J connectivity index is 1.53. The first-order chi connectivity index (χ1) is 13.9. The average molecular weight is 397 g/mol. The molecule has 0 bridgehead atoms. The molecular formula is C20H23N5O4. The molecule has 3 rings (SSSR count). The number of benzene rings is 1. The van der Waals surface area contributed by atoms with E-state index in [9.17, 15) is 14.4 Å². The molecule has 1 aromatic carbocycles. The fraction of sp³-hybridized carbons (Fsp3) is 0.400. The first-order valence-electron chi connectivity index (χ1n) is 9.42. The van der Waals surface area contributed by atoms with Gasteiger partial charge < -0.3 is 20.1 Å². The highest BCUT2D eigenvalue weighted by atomic mass is 16.5. The Hall–Kier alpha value is -3.36. The molecule has 1 saturated heterocycles. The van der Waals surface area contributed by atoms with Crippen molar-refractivity contribution < 1.29 is 18.9 Å². The zero-order valence-electron chi connectivity index (χ0n) is 16.2. The van der Waals surface area contributed by atoms with E-state index in [1.807, 2.05) is 24.3 Å². The molecule has 2 heterocycles. The molecule has 2 aromatic rings. The number of amides is 2. The maximum Gasteiger partial charge on any atom is 0.243 e. The van der Waals surface area contributed by atoms with Crippen molar-refractivity contribution in [2.75, 3.05) is 6.54 Å². The highest BCUT2D eigenvalue weighted by Gasteiger charge is 2.34. The van der Waals surface area contributed by atoms with Crippen LogP contribution in [0.5, 0.6) is 0 Å². The van der Waals surface area contributed by atoms with Crippen LogP contribution in [0, 0.1) is 5.41 Å². The number of nitrogens with one attached hydrogen (secondary N) is 2. The van der Waals surface area contributed by atoms with E-state index in [-0.39, 0.29) is 36.2 Å². The maximum absolute atomic E-state index is 12.6. The maximum atomic E-state index is 12.6. The highest BCUT2D eigenvalue weighted by molar-refractivity contribution is 6.07. The van der Waals surface area contributed by atoms with Gasteiger partial charge in [0.25, 0.3) is 0 Å². The van der Waals surface area contributed by atoms with Gasteiger partial charge in [0.15, 0.2) is 0 Å². The largest absolute Gasteiger partial charge is 0.350 e. The van der Waals surface area contributed by atoms with Crippen molar-refractivity contribution in [2.45, 2.75) is 45.2 Å². The molecule has 1 atom stereocenters. The normalized spacial score (nSPS) is 15.9. The topological polar surface area (TPSA) is 129 Å². The van der Waals surface area contributed by atoms with Crippen LogP contribution in [0.15, 0.2) is 35.2 Å². The van der Waals surface area contributed by atoms with E-state index < -0.39 is 6.04 Å². The summed E-state index contributed by atoms with van der Waals surface area (Å²) in [6, 6.07) is 6.85. The summed E-state index contributed by atoms with van der Waals surface area (Å²) >= 11 is 0. The third-order valence-electron chi connectivity index (χ3n) is 4.73. The third kappa shape index (κ3) is 5.34. The van der Waals surface area contributed by atoms with Crippen molar-refractivity contribution in [3.63, 3.8) is 0 Å². The molecular weight excluding hydrogens is 374 g/mol. The molecule has 1 aliphatic rings. The minimum atomic E-state index is -0.560. The Labute approximate surface area is 168 Å². The van der Waals surface area contributed by atoms with Gasteiger partial charge in [0.1, 0.15) is 11.8 Å². The fourth-order valence-electron chi connectivity index (χ4n) is 3.34. The SMILES string of the molecule is CC(=N)CC(=O)CC(=O)N1CCCC1C(=O)NCc1ccc(-c2ncon2)cc1. The van der Waals surface area contributed by atoms with Crippen LogP contribution in [0.1, 0.15) is 38.2 Å². The van der Waals surface area contributed by atoms with Crippen molar-refractivity contribution in [3.05, 3.63) is 36.2 Å². The quantitative estimate of drug-likeness (QED) is 0.515. The second-order valence-electron chi connectivity index (χ2n) is 7.09. The Morgan fingerprint density at radius 2 is 2.00 bits per heavy atom. The van der Waals surface area contributed by atoms with E-state index in [4.69, 9.17) is 9.93 Å². The lowest BCUT2D eigenvalue weighted by Gasteiger charge is -2.23. The van der Waals surface area contributed by atoms with Crippen molar-refractivity contribution >= 4 is 23.3 Å². The van der Waals surface area contributed by atoms with E-state index in [0.717, 1.165) is 17.5 Å². The first kappa shape index (κ1) is 20.4. The molecule has 0 saturated carbocycles. The number of carbonyl (C=O) groups excluding carboxylic acids is 3. The van der Waals surface area contributed by atoms with Crippen LogP contribution in [0.25, 0.3) is 11.4 Å². The number of hydrogen-bond donors (Lipinski definition) is 2. The zero-order valence-corrected chi connectivity index (χ0v) is 16.2. The lowest BCUT2D eigenvalue weighted by Crippen LogP contribution is -2.46. The van der Waals surface area contributed by atoms with Gasteiger partial charge in [-0.2, -0.15) is 4.98 Å². The van der Waals surface area contributed by atoms with Gasteiger partial charge in [0, 0.05) is 30.8 Å². The van der Waals surface area contributed by atoms with Crippen LogP contribution in [-0.2, 0) is 20.9 Å². The smallest absolute Gasteiger partial charge is 0.243 e. The Bertz CT molecular complexity index is 892. The molecule has 2 amide bonds. The predicted molar refractivity (Wildman–Crippen MR) is 104 cm³/mol. The first-order valence-corrected chi connectivity index (χ1v) is 9.42. The lowest BCUT2D eigenvalue weighted by molar-refractivity contribution is -0.140. The van der Waals surface area contributed by atoms with Crippen LogP contribution in [-0.4, -0.2) is 50.9 Å². The van der Waals surface area contributed by atoms with Crippen LogP contribution >= 0.6 is 0 Å². The number of ketones is 1. The average Bonchev–Trinajstić information content (AvgIpc) is 3.37. The number of Topliss-reactive ketones (excluding diaryl/α,β-unsaturated/α-hetero) is 1. The molecule has 152 valence electrons. The minimum Gasteiger partial charge on any atom is -0.350 e. The molecule has 1 aliphatic heterocycles. The standard InChI is InChI=1S/C20H23N5O4/c1-13(21)9-16(26)10-18(27)25-8-2-3-17(25)20(28)22-11-14-4-6-15(7-5-14)19-23-12-29-24-19/h4-7,12,17,21H,2-3,8-11H2,1H3,(H,22,28). The van der Waals surface area contributed by atoms with Gasteiger partial charge in [-0.15, -0.1) is 0 Å². The van der Waals surface area contributed by atoms with Crippen molar-refractivity contribution in [1.29, 1.82) is 5.41 Å². The summed E-state index contributed by atoms with van der Waals surface area (Å²) in [5, 5.41) is 14.0. The van der Waals surface area contributed by atoms with Crippen LogP contribution in [0.4, 0.5) is 0 Å². The van der Waals surface area contributed by atoms with E-state index in [2.05, 4.69) is 15.5 Å². The van der Waals surface area contributed by atoms with Gasteiger partial charge in [-0.25, -0.2) is 0 Å². The summed E-state index contributed by atoms with van der Waals surface area (Å²) in [7, 11) is 0. The molecule has 9 nitrogen and oxygen atoms in total. The molecule has 0 radical (unpaired) electrons. The Morgan fingerprint density at radius 1 is 1.24 bits per heavy atom. The van der Waals surface area contributed by atoms with Crippen LogP contribution in [0.3, 0.4) is 0 Å². The number of hydrogen-bond acceptors (Lipinski definition) is 7. The lowest BCUT2D eigenvalue weighted by atomic mass is 10.1. The molecule has 9 heteroatoms. The van der Waals surface area contributed by atoms with Crippen molar-refractivity contribution in [1.82, 2.24) is 20.4 Å². The number of carbonyl (C=O) groups is 3. The van der Waals surface area contributed by atoms with Gasteiger partial charge in [-0.05, 0) is 25.3 Å². The minimum absolute atomic E-state index is 0.0315. The summed E-state index contributed by atoms with van der Waals surface area (Å²) in [6.45, 7) is 2.33.